The summed E-state index contributed by atoms with van der Waals surface area (Å²) in [5.74, 6) is -2.50. The summed E-state index contributed by atoms with van der Waals surface area (Å²) < 4.78 is 0. The lowest BCUT2D eigenvalue weighted by molar-refractivity contribution is -0.119. The third kappa shape index (κ3) is 37.7. The molecule has 0 aliphatic heterocycles. The van der Waals surface area contributed by atoms with Gasteiger partial charge < -0.3 is 47.9 Å². The molecule has 0 fully saturated rings. The molecule has 0 saturated heterocycles. The van der Waals surface area contributed by atoms with Crippen LogP contribution in [-0.2, 0) is 28.8 Å². The summed E-state index contributed by atoms with van der Waals surface area (Å²) >= 11 is 0. The Hall–Kier alpha value is -9.09. The number of ketones is 6. The standard InChI is InChI=1S/C33H51N3O6.C27H39N3O6.C12H15N3O3.CH4/c1-4-28(37)16-10-7-13-19-34-31(40)25-22-26(32(41)35-20-14-8-11-17-29(38)5-2)24-27(23-25)33(42)36-21-15-9-12-18-30(39)6-3;1-4-22(31)10-7-13-28-25(34)19-16-20(26(35)29-14-8-11-23(32)5-2)18-21(17-19)27(36)30-15-9-12-24(33)6-3;1-13-10(16)7-4-8(11(17)14-2)6-9(5-7)12(18)15-3;/h22-24H,4-21H2,1-3H3,(H,34,40)(H,35,41)(H,36,42);16-18H,4-15H2,1-3H3,(H,28,34)(H,29,35)(H,30,36);4-6H,1-3H3,(H,13,16)(H,14,17)(H,15,18);1H4. The van der Waals surface area contributed by atoms with Crippen molar-refractivity contribution >= 4 is 87.9 Å². The van der Waals surface area contributed by atoms with Crippen molar-refractivity contribution in [2.45, 2.75) is 203 Å². The minimum atomic E-state index is -0.454. The lowest BCUT2D eigenvalue weighted by Gasteiger charge is -2.12. The molecule has 0 unspecified atom stereocenters. The maximum Gasteiger partial charge on any atom is 0.251 e. The second-order valence-corrected chi connectivity index (χ2v) is 22.8. The molecule has 0 spiro atoms. The van der Waals surface area contributed by atoms with Crippen molar-refractivity contribution in [2.75, 3.05) is 60.4 Å². The van der Waals surface area contributed by atoms with Crippen molar-refractivity contribution in [1.29, 1.82) is 0 Å². The zero-order valence-corrected chi connectivity index (χ0v) is 58.0. The second kappa shape index (κ2) is 52.1. The van der Waals surface area contributed by atoms with Gasteiger partial charge in [0.1, 0.15) is 34.7 Å². The molecule has 0 atom stereocenters. The zero-order valence-electron chi connectivity index (χ0n) is 58.0. The van der Waals surface area contributed by atoms with Crippen LogP contribution < -0.4 is 47.9 Å². The van der Waals surface area contributed by atoms with E-state index in [0.717, 1.165) is 57.8 Å². The van der Waals surface area contributed by atoms with Gasteiger partial charge in [-0.3, -0.25) is 71.9 Å². The van der Waals surface area contributed by atoms with E-state index < -0.39 is 17.7 Å². The summed E-state index contributed by atoms with van der Waals surface area (Å²) in [6, 6.07) is 13.0. The Labute approximate surface area is 573 Å². The van der Waals surface area contributed by atoms with Gasteiger partial charge in [0.25, 0.3) is 53.2 Å². The van der Waals surface area contributed by atoms with E-state index in [2.05, 4.69) is 47.9 Å². The van der Waals surface area contributed by atoms with Crippen LogP contribution >= 0.6 is 0 Å². The molecular formula is C73H109N9O15. The quantitative estimate of drug-likeness (QED) is 0.0238. The van der Waals surface area contributed by atoms with Gasteiger partial charge in [-0.05, 0) is 112 Å². The molecule has 24 heteroatoms. The number of benzene rings is 3. The number of Topliss-reactive ketones (excluding diaryl/α,β-unsaturated/α-hetero) is 6. The van der Waals surface area contributed by atoms with Crippen LogP contribution in [0.1, 0.15) is 296 Å². The minimum Gasteiger partial charge on any atom is -0.355 e. The van der Waals surface area contributed by atoms with Crippen molar-refractivity contribution in [3.05, 3.63) is 105 Å². The van der Waals surface area contributed by atoms with Crippen LogP contribution in [0.5, 0.6) is 0 Å². The SMILES string of the molecule is C.CCC(=O)CCCCCNC(=O)c1cc(C(=O)NCCCCCC(=O)CC)cc(C(=O)NCCCCCC(=O)CC)c1.CCC(=O)CCCNC(=O)c1cc(C(=O)NCCCC(=O)CC)cc(C(=O)NCCCC(=O)CC)c1.CNC(=O)c1cc(C(=O)NC)cc(C(=O)NC)c1. The van der Waals surface area contributed by atoms with Gasteiger partial charge in [-0.25, -0.2) is 0 Å². The largest absolute Gasteiger partial charge is 0.355 e. The molecule has 0 heterocycles. The number of carbonyl (C=O) groups is 15. The summed E-state index contributed by atoms with van der Waals surface area (Å²) in [6.45, 7) is 13.1. The molecule has 3 rings (SSSR count). The summed E-state index contributed by atoms with van der Waals surface area (Å²) in [4.78, 5) is 180. The molecule has 536 valence electrons. The smallest absolute Gasteiger partial charge is 0.251 e. The van der Waals surface area contributed by atoms with Gasteiger partial charge in [0.05, 0.1) is 0 Å². The maximum absolute atomic E-state index is 12.9. The highest BCUT2D eigenvalue weighted by Gasteiger charge is 2.20. The average molecular weight is 1350 g/mol. The van der Waals surface area contributed by atoms with Crippen LogP contribution in [0.25, 0.3) is 0 Å². The normalized spacial score (nSPS) is 10.2. The Morgan fingerprint density at radius 2 is 0.361 bits per heavy atom. The number of carbonyl (C=O) groups excluding carboxylic acids is 15. The van der Waals surface area contributed by atoms with Crippen LogP contribution in [0.2, 0.25) is 0 Å². The van der Waals surface area contributed by atoms with E-state index in [4.69, 9.17) is 0 Å². The van der Waals surface area contributed by atoms with Crippen molar-refractivity contribution in [3.8, 4) is 0 Å². The molecule has 0 saturated carbocycles. The molecule has 0 radical (unpaired) electrons. The first-order valence-electron chi connectivity index (χ1n) is 33.9. The number of amides is 9. The minimum absolute atomic E-state index is 0. The summed E-state index contributed by atoms with van der Waals surface area (Å²) in [6.07, 6.45) is 14.2. The first-order chi connectivity index (χ1) is 45.9. The van der Waals surface area contributed by atoms with Crippen molar-refractivity contribution in [2.24, 2.45) is 0 Å². The Morgan fingerprint density at radius 3 is 0.515 bits per heavy atom. The summed E-state index contributed by atoms with van der Waals surface area (Å²) in [7, 11) is 4.44. The van der Waals surface area contributed by atoms with Crippen molar-refractivity contribution < 1.29 is 71.9 Å². The highest BCUT2D eigenvalue weighted by atomic mass is 16.2. The van der Waals surface area contributed by atoms with Crippen LogP contribution in [0.3, 0.4) is 0 Å². The Bertz CT molecular complexity index is 2750. The fourth-order valence-electron chi connectivity index (χ4n) is 9.11. The van der Waals surface area contributed by atoms with Gasteiger partial charge in [0.2, 0.25) is 0 Å². The molecular weight excluding hydrogens is 1240 g/mol. The van der Waals surface area contributed by atoms with Crippen LogP contribution in [0.4, 0.5) is 0 Å². The molecule has 0 aliphatic rings. The number of hydrogen-bond donors (Lipinski definition) is 9. The molecule has 3 aromatic carbocycles. The van der Waals surface area contributed by atoms with E-state index in [1.807, 2.05) is 20.8 Å². The second-order valence-electron chi connectivity index (χ2n) is 22.8. The van der Waals surface area contributed by atoms with Gasteiger partial charge in [-0.2, -0.15) is 0 Å². The van der Waals surface area contributed by atoms with Gasteiger partial charge in [0.15, 0.2) is 0 Å². The Kier molecular flexibility index (Phi) is 47.3. The molecule has 0 aromatic heterocycles. The lowest BCUT2D eigenvalue weighted by Crippen LogP contribution is -2.29. The van der Waals surface area contributed by atoms with E-state index >= 15 is 0 Å². The van der Waals surface area contributed by atoms with E-state index in [1.165, 1.54) is 75.7 Å². The van der Waals surface area contributed by atoms with Crippen LogP contribution in [0, 0.1) is 0 Å². The molecule has 97 heavy (non-hydrogen) atoms. The molecule has 9 amide bonds. The first-order valence-corrected chi connectivity index (χ1v) is 33.9. The lowest BCUT2D eigenvalue weighted by atomic mass is 10.0. The fraction of sp³-hybridized carbons (Fsp3) is 0.548. The van der Waals surface area contributed by atoms with Crippen LogP contribution in [0.15, 0.2) is 54.6 Å². The fourth-order valence-corrected chi connectivity index (χ4v) is 9.11. The van der Waals surface area contributed by atoms with Gasteiger partial charge in [0, 0.05) is 188 Å². The number of unbranched alkanes of at least 4 members (excludes halogenated alkanes) is 6. The van der Waals surface area contributed by atoms with E-state index in [-0.39, 0.29) is 128 Å². The van der Waals surface area contributed by atoms with Crippen molar-refractivity contribution in [1.82, 2.24) is 47.9 Å². The first kappa shape index (κ1) is 87.9. The highest BCUT2D eigenvalue weighted by molar-refractivity contribution is 6.07. The maximum atomic E-state index is 12.9. The van der Waals surface area contributed by atoms with E-state index in [9.17, 15) is 71.9 Å². The predicted molar refractivity (Wildman–Crippen MR) is 375 cm³/mol. The topological polar surface area (TPSA) is 364 Å². The Morgan fingerprint density at radius 1 is 0.216 bits per heavy atom. The molecule has 0 aliphatic carbocycles. The Balaban J connectivity index is 0.00000152. The van der Waals surface area contributed by atoms with Gasteiger partial charge in [-0.15, -0.1) is 0 Å². The van der Waals surface area contributed by atoms with Crippen molar-refractivity contribution in [3.63, 3.8) is 0 Å². The third-order valence-electron chi connectivity index (χ3n) is 15.2. The highest BCUT2D eigenvalue weighted by Crippen LogP contribution is 2.16. The van der Waals surface area contributed by atoms with E-state index in [0.29, 0.717) is 136 Å². The van der Waals surface area contributed by atoms with Gasteiger partial charge in [-0.1, -0.05) is 68.2 Å². The van der Waals surface area contributed by atoms with Crippen LogP contribution in [-0.4, -0.2) is 148 Å². The number of hydrogen-bond acceptors (Lipinski definition) is 15. The molecule has 3 aromatic rings. The third-order valence-corrected chi connectivity index (χ3v) is 15.2. The monoisotopic (exact) mass is 1350 g/mol. The predicted octanol–water partition coefficient (Wildman–Crippen LogP) is 9.05. The zero-order chi connectivity index (χ0) is 71.8. The number of rotatable bonds is 45. The molecule has 9 N–H and O–H groups in total. The summed E-state index contributed by atoms with van der Waals surface area (Å²) in [5, 5.41) is 24.1. The molecule has 24 nitrogen and oxygen atoms in total. The van der Waals surface area contributed by atoms with E-state index in [1.54, 1.807) is 20.8 Å². The number of nitrogens with one attached hydrogen (secondary N) is 9. The summed E-state index contributed by atoms with van der Waals surface area (Å²) in [5.41, 5.74) is 1.91. The average Bonchev–Trinajstić information content (AvgIpc) is 0.864. The molecule has 0 bridgehead atoms. The van der Waals surface area contributed by atoms with Gasteiger partial charge >= 0.3 is 0 Å².